The van der Waals surface area contributed by atoms with Crippen molar-refractivity contribution in [2.75, 3.05) is 40.4 Å². The van der Waals surface area contributed by atoms with Gasteiger partial charge < -0.3 is 19.3 Å². The van der Waals surface area contributed by atoms with E-state index in [0.29, 0.717) is 0 Å². The third-order valence-electron chi connectivity index (χ3n) is 4.89. The Morgan fingerprint density at radius 3 is 2.48 bits per heavy atom. The molecule has 0 bridgehead atoms. The Kier molecular flexibility index (Phi) is 6.78. The third-order valence-corrected chi connectivity index (χ3v) is 4.89. The number of imide groups is 1. The van der Waals surface area contributed by atoms with E-state index in [4.69, 9.17) is 4.74 Å². The van der Waals surface area contributed by atoms with Gasteiger partial charge in [0.05, 0.1) is 14.2 Å². The molecule has 7 nitrogen and oxygen atoms in total. The van der Waals surface area contributed by atoms with Gasteiger partial charge in [0.25, 0.3) is 5.91 Å². The Hall–Kier alpha value is -2.12. The van der Waals surface area contributed by atoms with Gasteiger partial charge in [-0.3, -0.25) is 10.1 Å². The number of hydrogen-bond donors (Lipinski definition) is 3. The number of piperazine rings is 1. The van der Waals surface area contributed by atoms with Crippen molar-refractivity contribution in [3.8, 4) is 5.75 Å². The van der Waals surface area contributed by atoms with Gasteiger partial charge in [-0.2, -0.15) is 0 Å². The van der Waals surface area contributed by atoms with Crippen LogP contribution in [0.2, 0.25) is 0 Å². The summed E-state index contributed by atoms with van der Waals surface area (Å²) < 4.78 is 9.94. The second-order valence-corrected chi connectivity index (χ2v) is 6.60. The van der Waals surface area contributed by atoms with Crippen molar-refractivity contribution in [1.82, 2.24) is 5.32 Å². The summed E-state index contributed by atoms with van der Waals surface area (Å²) in [6, 6.07) is 5.98. The van der Waals surface area contributed by atoms with Crippen LogP contribution in [0.1, 0.15) is 18.1 Å². The first-order valence-electron chi connectivity index (χ1n) is 8.65. The fraction of sp³-hybridized carbons (Fsp3) is 0.556. The highest BCUT2D eigenvalue weighted by molar-refractivity contribution is 5.93. The van der Waals surface area contributed by atoms with Crippen LogP contribution < -0.4 is 19.9 Å². The highest BCUT2D eigenvalue weighted by atomic mass is 16.5. The summed E-state index contributed by atoms with van der Waals surface area (Å²) in [6.07, 6.45) is -0.702. The molecule has 7 heteroatoms. The maximum absolute atomic E-state index is 12.0. The number of carbonyl (C=O) groups excluding carboxylic acids is 2. The van der Waals surface area contributed by atoms with E-state index in [9.17, 15) is 9.59 Å². The van der Waals surface area contributed by atoms with E-state index in [1.165, 1.54) is 28.0 Å². The zero-order chi connectivity index (χ0) is 18.4. The SMILES string of the molecule is COC(=O)NC(=O)[C@@H](C)[NH+]1CC[NH+](Cc2cc(C)ccc2OC)CC1. The van der Waals surface area contributed by atoms with Crippen molar-refractivity contribution in [2.45, 2.75) is 26.4 Å². The molecule has 1 fully saturated rings. The Morgan fingerprint density at radius 1 is 1.20 bits per heavy atom. The molecule has 1 aromatic rings. The van der Waals surface area contributed by atoms with Gasteiger partial charge in [0.1, 0.15) is 38.5 Å². The topological polar surface area (TPSA) is 73.5 Å². The number of benzene rings is 1. The van der Waals surface area contributed by atoms with Gasteiger partial charge in [0.2, 0.25) is 0 Å². The minimum atomic E-state index is -0.702. The predicted octanol–water partition coefficient (Wildman–Crippen LogP) is -1.44. The lowest BCUT2D eigenvalue weighted by Crippen LogP contribution is -3.29. The van der Waals surface area contributed by atoms with E-state index in [1.807, 2.05) is 13.0 Å². The Morgan fingerprint density at radius 2 is 1.88 bits per heavy atom. The van der Waals surface area contributed by atoms with Crippen molar-refractivity contribution < 1.29 is 28.9 Å². The van der Waals surface area contributed by atoms with Crippen LogP contribution in [0.5, 0.6) is 5.75 Å². The van der Waals surface area contributed by atoms with E-state index in [1.54, 1.807) is 7.11 Å². The summed E-state index contributed by atoms with van der Waals surface area (Å²) in [5.74, 6) is 0.643. The van der Waals surface area contributed by atoms with Crippen molar-refractivity contribution in [2.24, 2.45) is 0 Å². The van der Waals surface area contributed by atoms with Gasteiger partial charge in [0, 0.05) is 5.56 Å². The molecule has 1 aliphatic heterocycles. The standard InChI is InChI=1S/C18H27N3O4/c1-13-5-6-16(24-3)15(11-13)12-20-7-9-21(10-8-20)14(2)17(22)19-18(23)25-4/h5-6,11,14H,7-10,12H2,1-4H3,(H,19,22,23)/p+2/t14-/m1/s1. The Bertz CT molecular complexity index is 612. The zero-order valence-corrected chi connectivity index (χ0v) is 15.5. The molecule has 0 radical (unpaired) electrons. The van der Waals surface area contributed by atoms with Gasteiger partial charge in [-0.1, -0.05) is 11.6 Å². The zero-order valence-electron chi connectivity index (χ0n) is 15.5. The summed E-state index contributed by atoms with van der Waals surface area (Å²) >= 11 is 0. The molecule has 1 aromatic carbocycles. The predicted molar refractivity (Wildman–Crippen MR) is 92.8 cm³/mol. The second kappa shape index (κ2) is 8.82. The quantitative estimate of drug-likeness (QED) is 0.607. The number of nitrogens with one attached hydrogen (secondary N) is 3. The lowest BCUT2D eigenvalue weighted by Gasteiger charge is -2.32. The van der Waals surface area contributed by atoms with Crippen LogP contribution in [0.4, 0.5) is 4.79 Å². The molecule has 0 unspecified atom stereocenters. The van der Waals surface area contributed by atoms with E-state index >= 15 is 0 Å². The molecule has 0 saturated carbocycles. The minimum absolute atomic E-state index is 0.269. The second-order valence-electron chi connectivity index (χ2n) is 6.60. The van der Waals surface area contributed by atoms with Crippen LogP contribution in [0, 0.1) is 6.92 Å². The average Bonchev–Trinajstić information content (AvgIpc) is 2.61. The van der Waals surface area contributed by atoms with Gasteiger partial charge in [0.15, 0.2) is 6.04 Å². The van der Waals surface area contributed by atoms with Crippen LogP contribution in [-0.2, 0) is 16.1 Å². The van der Waals surface area contributed by atoms with Crippen LogP contribution in [0.25, 0.3) is 0 Å². The first kappa shape index (κ1) is 19.2. The van der Waals surface area contributed by atoms with Crippen LogP contribution in [0.15, 0.2) is 18.2 Å². The molecular weight excluding hydrogens is 322 g/mol. The number of rotatable bonds is 5. The van der Waals surface area contributed by atoms with Crippen molar-refractivity contribution in [1.29, 1.82) is 0 Å². The normalized spacial score (nSPS) is 21.3. The molecule has 1 atom stereocenters. The monoisotopic (exact) mass is 351 g/mol. The number of hydrogen-bond acceptors (Lipinski definition) is 4. The summed E-state index contributed by atoms with van der Waals surface area (Å²) in [4.78, 5) is 25.9. The molecule has 138 valence electrons. The first-order chi connectivity index (χ1) is 11.9. The molecule has 0 aromatic heterocycles. The molecule has 2 amide bonds. The molecule has 25 heavy (non-hydrogen) atoms. The average molecular weight is 351 g/mol. The van der Waals surface area contributed by atoms with E-state index in [-0.39, 0.29) is 11.9 Å². The van der Waals surface area contributed by atoms with Gasteiger partial charge >= 0.3 is 6.09 Å². The smallest absolute Gasteiger partial charge is 0.413 e. The van der Waals surface area contributed by atoms with Gasteiger partial charge in [-0.05, 0) is 26.0 Å². The maximum Gasteiger partial charge on any atom is 0.413 e. The fourth-order valence-electron chi connectivity index (χ4n) is 3.29. The van der Waals surface area contributed by atoms with Crippen molar-refractivity contribution in [3.63, 3.8) is 0 Å². The summed E-state index contributed by atoms with van der Waals surface area (Å²) in [7, 11) is 2.95. The molecule has 3 N–H and O–H groups in total. The van der Waals surface area contributed by atoms with Crippen LogP contribution in [0.3, 0.4) is 0 Å². The highest BCUT2D eigenvalue weighted by Gasteiger charge is 2.32. The maximum atomic E-state index is 12.0. The number of ether oxygens (including phenoxy) is 2. The molecule has 0 spiro atoms. The number of alkyl carbamates (subject to hydrolysis) is 1. The Labute approximate surface area is 148 Å². The number of quaternary nitrogens is 2. The molecule has 2 rings (SSSR count). The van der Waals surface area contributed by atoms with Crippen LogP contribution in [-0.4, -0.2) is 58.4 Å². The van der Waals surface area contributed by atoms with E-state index in [2.05, 4.69) is 29.1 Å². The lowest BCUT2D eigenvalue weighted by molar-refractivity contribution is -1.02. The number of amides is 2. The van der Waals surface area contributed by atoms with Crippen molar-refractivity contribution in [3.05, 3.63) is 29.3 Å². The Balaban J connectivity index is 1.88. The highest BCUT2D eigenvalue weighted by Crippen LogP contribution is 2.18. The fourth-order valence-corrected chi connectivity index (χ4v) is 3.29. The number of aryl methyl sites for hydroxylation is 1. The molecule has 1 saturated heterocycles. The summed E-state index contributed by atoms with van der Waals surface area (Å²) in [5, 5.41) is 2.25. The summed E-state index contributed by atoms with van der Waals surface area (Å²) in [5.41, 5.74) is 2.45. The largest absolute Gasteiger partial charge is 0.496 e. The van der Waals surface area contributed by atoms with Gasteiger partial charge in [-0.25, -0.2) is 4.79 Å². The first-order valence-corrected chi connectivity index (χ1v) is 8.65. The lowest BCUT2D eigenvalue weighted by atomic mass is 10.1. The number of carbonyl (C=O) groups is 2. The van der Waals surface area contributed by atoms with Crippen molar-refractivity contribution >= 4 is 12.0 Å². The van der Waals surface area contributed by atoms with Crippen LogP contribution >= 0.6 is 0 Å². The molecule has 0 aliphatic carbocycles. The van der Waals surface area contributed by atoms with E-state index in [0.717, 1.165) is 38.5 Å². The molecular formula is C18H29N3O4+2. The number of methoxy groups -OCH3 is 2. The molecule has 1 heterocycles. The van der Waals surface area contributed by atoms with Gasteiger partial charge in [-0.15, -0.1) is 0 Å². The minimum Gasteiger partial charge on any atom is -0.496 e. The third kappa shape index (κ3) is 5.17. The summed E-state index contributed by atoms with van der Waals surface area (Å²) in [6.45, 7) is 8.58. The van der Waals surface area contributed by atoms with E-state index < -0.39 is 6.09 Å². The molecule has 1 aliphatic rings.